The average molecular weight is 549 g/mol. The van der Waals surface area contributed by atoms with E-state index in [9.17, 15) is 0 Å². The number of thioether (sulfide) groups is 1. The van der Waals surface area contributed by atoms with E-state index in [1.807, 2.05) is 18.8 Å². The molecule has 0 amide bonds. The Bertz CT molecular complexity index is 647. The van der Waals surface area contributed by atoms with Crippen LogP contribution in [0.15, 0.2) is 29.3 Å². The van der Waals surface area contributed by atoms with Crippen LogP contribution < -0.4 is 15.4 Å². The predicted octanol–water partition coefficient (Wildman–Crippen LogP) is 3.53. The Labute approximate surface area is 203 Å². The molecule has 170 valence electrons. The van der Waals surface area contributed by atoms with Crippen molar-refractivity contribution in [2.45, 2.75) is 36.5 Å². The van der Waals surface area contributed by atoms with Crippen molar-refractivity contribution in [2.75, 3.05) is 59.8 Å². The van der Waals surface area contributed by atoms with Crippen molar-refractivity contribution in [1.82, 2.24) is 15.5 Å². The lowest BCUT2D eigenvalue weighted by atomic mass is 9.99. The van der Waals surface area contributed by atoms with Crippen LogP contribution >= 0.6 is 35.7 Å². The van der Waals surface area contributed by atoms with Gasteiger partial charge in [0, 0.05) is 38.1 Å². The van der Waals surface area contributed by atoms with Gasteiger partial charge < -0.3 is 20.1 Å². The third-order valence-corrected chi connectivity index (χ3v) is 7.60. The zero-order valence-electron chi connectivity index (χ0n) is 18.5. The lowest BCUT2D eigenvalue weighted by Gasteiger charge is -2.36. The Morgan fingerprint density at radius 3 is 2.43 bits per heavy atom. The molecular weight excluding hydrogens is 511 g/mol. The first-order chi connectivity index (χ1) is 14.2. The van der Waals surface area contributed by atoms with E-state index in [0.29, 0.717) is 6.04 Å². The third kappa shape index (κ3) is 6.90. The van der Waals surface area contributed by atoms with Gasteiger partial charge >= 0.3 is 0 Å². The highest BCUT2D eigenvalue weighted by atomic mass is 127. The second kappa shape index (κ2) is 13.0. The first-order valence-corrected chi connectivity index (χ1v) is 11.9. The van der Waals surface area contributed by atoms with Gasteiger partial charge in [0.2, 0.25) is 0 Å². The number of guanidine groups is 1. The van der Waals surface area contributed by atoms with Gasteiger partial charge in [0.05, 0.1) is 13.2 Å². The Morgan fingerprint density at radius 2 is 1.87 bits per heavy atom. The van der Waals surface area contributed by atoms with E-state index in [-0.39, 0.29) is 28.7 Å². The largest absolute Gasteiger partial charge is 0.497 e. The normalized spacial score (nSPS) is 20.3. The first-order valence-electron chi connectivity index (χ1n) is 10.6. The second-order valence-corrected chi connectivity index (χ2v) is 9.11. The summed E-state index contributed by atoms with van der Waals surface area (Å²) in [6, 6.07) is 8.81. The third-order valence-electron chi connectivity index (χ3n) is 6.18. The van der Waals surface area contributed by atoms with E-state index in [1.54, 1.807) is 7.11 Å². The number of methoxy groups -OCH3 is 1. The summed E-state index contributed by atoms with van der Waals surface area (Å²) in [6.45, 7) is 5.75. The fourth-order valence-electron chi connectivity index (χ4n) is 4.19. The van der Waals surface area contributed by atoms with Crippen LogP contribution in [0, 0.1) is 0 Å². The van der Waals surface area contributed by atoms with E-state index < -0.39 is 0 Å². The Balaban J connectivity index is 0.00000320. The number of nitrogens with zero attached hydrogens (tertiary/aromatic N) is 2. The van der Waals surface area contributed by atoms with E-state index in [4.69, 9.17) is 9.47 Å². The van der Waals surface area contributed by atoms with Gasteiger partial charge in [-0.25, -0.2) is 0 Å². The maximum atomic E-state index is 5.56. The van der Waals surface area contributed by atoms with Crippen LogP contribution in [0.5, 0.6) is 5.75 Å². The minimum absolute atomic E-state index is 0. The summed E-state index contributed by atoms with van der Waals surface area (Å²) in [6.07, 6.45) is 6.92. The molecule has 1 aromatic carbocycles. The SMILES string of the molecule is CN=C(NCC(c1ccc(OC)cc1)N1CCCC1)NCC1(SC)CCOCC1.I. The van der Waals surface area contributed by atoms with Crippen molar-refractivity contribution >= 4 is 41.7 Å². The zero-order chi connectivity index (χ0) is 20.5. The quantitative estimate of drug-likeness (QED) is 0.295. The Hall–Kier alpha value is -0.710. The number of nitrogens with one attached hydrogen (secondary N) is 2. The van der Waals surface area contributed by atoms with E-state index >= 15 is 0 Å². The van der Waals surface area contributed by atoms with Crippen LogP contribution in [0.4, 0.5) is 0 Å². The Morgan fingerprint density at radius 1 is 1.20 bits per heavy atom. The van der Waals surface area contributed by atoms with Crippen LogP contribution in [-0.4, -0.2) is 75.4 Å². The molecule has 0 aliphatic carbocycles. The lowest BCUT2D eigenvalue weighted by molar-refractivity contribution is 0.0782. The Kier molecular flexibility index (Phi) is 11.1. The fraction of sp³-hybridized carbons (Fsp3) is 0.682. The summed E-state index contributed by atoms with van der Waals surface area (Å²) < 4.78 is 11.1. The molecule has 30 heavy (non-hydrogen) atoms. The molecule has 2 saturated heterocycles. The fourth-order valence-corrected chi connectivity index (χ4v) is 4.98. The topological polar surface area (TPSA) is 58.1 Å². The number of rotatable bonds is 8. The summed E-state index contributed by atoms with van der Waals surface area (Å²) in [5.41, 5.74) is 1.32. The van der Waals surface area contributed by atoms with Gasteiger partial charge in [-0.3, -0.25) is 9.89 Å². The van der Waals surface area contributed by atoms with Gasteiger partial charge in [0.25, 0.3) is 0 Å². The van der Waals surface area contributed by atoms with Gasteiger partial charge in [0.15, 0.2) is 5.96 Å². The van der Waals surface area contributed by atoms with Gasteiger partial charge in [-0.2, -0.15) is 11.8 Å². The summed E-state index contributed by atoms with van der Waals surface area (Å²) in [5, 5.41) is 7.15. The number of aliphatic imine (C=N–C) groups is 1. The highest BCUT2D eigenvalue weighted by Crippen LogP contribution is 2.33. The van der Waals surface area contributed by atoms with Crippen LogP contribution in [0.25, 0.3) is 0 Å². The molecule has 2 aliphatic heterocycles. The van der Waals surface area contributed by atoms with Crippen molar-refractivity contribution < 1.29 is 9.47 Å². The molecule has 2 fully saturated rings. The van der Waals surface area contributed by atoms with E-state index in [1.165, 1.54) is 18.4 Å². The molecule has 3 rings (SSSR count). The molecule has 0 spiro atoms. The average Bonchev–Trinajstić information content (AvgIpc) is 3.31. The highest BCUT2D eigenvalue weighted by Gasteiger charge is 2.32. The molecular formula is C22H37IN4O2S. The molecule has 6 nitrogen and oxygen atoms in total. The summed E-state index contributed by atoms with van der Waals surface area (Å²) in [4.78, 5) is 7.05. The zero-order valence-corrected chi connectivity index (χ0v) is 21.6. The lowest BCUT2D eigenvalue weighted by Crippen LogP contribution is -2.49. The first kappa shape index (κ1) is 25.5. The molecule has 1 atom stereocenters. The maximum absolute atomic E-state index is 5.56. The summed E-state index contributed by atoms with van der Waals surface area (Å²) in [7, 11) is 3.56. The van der Waals surface area contributed by atoms with Crippen LogP contribution in [-0.2, 0) is 4.74 Å². The van der Waals surface area contributed by atoms with E-state index in [0.717, 1.165) is 63.9 Å². The molecule has 1 aromatic rings. The molecule has 2 heterocycles. The van der Waals surface area contributed by atoms with Gasteiger partial charge in [-0.05, 0) is 62.7 Å². The molecule has 0 aromatic heterocycles. The van der Waals surface area contributed by atoms with Gasteiger partial charge in [-0.15, -0.1) is 24.0 Å². The maximum Gasteiger partial charge on any atom is 0.191 e. The number of ether oxygens (including phenoxy) is 2. The number of hydrogen-bond donors (Lipinski definition) is 2. The van der Waals surface area contributed by atoms with Crippen LogP contribution in [0.3, 0.4) is 0 Å². The van der Waals surface area contributed by atoms with Crippen LogP contribution in [0.2, 0.25) is 0 Å². The van der Waals surface area contributed by atoms with Crippen molar-refractivity contribution in [3.8, 4) is 5.75 Å². The highest BCUT2D eigenvalue weighted by molar-refractivity contribution is 14.0. The molecule has 2 N–H and O–H groups in total. The number of halogens is 1. The summed E-state index contributed by atoms with van der Waals surface area (Å²) >= 11 is 1.95. The van der Waals surface area contributed by atoms with Crippen molar-refractivity contribution in [2.24, 2.45) is 4.99 Å². The smallest absolute Gasteiger partial charge is 0.191 e. The van der Waals surface area contributed by atoms with Crippen LogP contribution in [0.1, 0.15) is 37.3 Å². The van der Waals surface area contributed by atoms with E-state index in [2.05, 4.69) is 51.0 Å². The van der Waals surface area contributed by atoms with Crippen molar-refractivity contribution in [1.29, 1.82) is 0 Å². The van der Waals surface area contributed by atoms with Gasteiger partial charge in [-0.1, -0.05) is 12.1 Å². The van der Waals surface area contributed by atoms with Crippen molar-refractivity contribution in [3.05, 3.63) is 29.8 Å². The predicted molar refractivity (Wildman–Crippen MR) is 138 cm³/mol. The molecule has 0 radical (unpaired) electrons. The summed E-state index contributed by atoms with van der Waals surface area (Å²) in [5.74, 6) is 1.78. The minimum atomic E-state index is 0. The number of likely N-dealkylation sites (tertiary alicyclic amines) is 1. The monoisotopic (exact) mass is 548 g/mol. The molecule has 0 bridgehead atoms. The second-order valence-electron chi connectivity index (χ2n) is 7.84. The standard InChI is InChI=1S/C22H36N4O2S.HI/c1-23-21(25-17-22(29-3)10-14-28-15-11-22)24-16-20(26-12-4-5-13-26)18-6-8-19(27-2)9-7-18;/h6-9,20H,4-5,10-17H2,1-3H3,(H2,23,24,25);1H. The molecule has 0 saturated carbocycles. The minimum Gasteiger partial charge on any atom is -0.497 e. The van der Waals surface area contributed by atoms with Gasteiger partial charge in [0.1, 0.15) is 5.75 Å². The number of hydrogen-bond acceptors (Lipinski definition) is 5. The molecule has 2 aliphatic rings. The molecule has 1 unspecified atom stereocenters. The molecule has 8 heteroatoms. The number of benzene rings is 1. The van der Waals surface area contributed by atoms with Crippen molar-refractivity contribution in [3.63, 3.8) is 0 Å².